The van der Waals surface area contributed by atoms with Crippen molar-refractivity contribution in [2.45, 2.75) is 32.9 Å². The van der Waals surface area contributed by atoms with E-state index in [0.717, 1.165) is 17.9 Å². The molecule has 0 aliphatic heterocycles. The zero-order valence-electron chi connectivity index (χ0n) is 21.9. The van der Waals surface area contributed by atoms with Gasteiger partial charge in [0, 0.05) is 34.8 Å². The van der Waals surface area contributed by atoms with Gasteiger partial charge in [0.2, 0.25) is 0 Å². The number of benzene rings is 4. The molecule has 0 spiro atoms. The Morgan fingerprint density at radius 3 is 2.26 bits per heavy atom. The highest BCUT2D eigenvalue weighted by molar-refractivity contribution is 6.09. The van der Waals surface area contributed by atoms with Crippen LogP contribution in [0.3, 0.4) is 0 Å². The summed E-state index contributed by atoms with van der Waals surface area (Å²) < 4.78 is 19.2. The number of carbonyl (C=O) groups excluding carboxylic acids is 1. The molecule has 0 saturated heterocycles. The molecule has 38 heavy (non-hydrogen) atoms. The zero-order chi connectivity index (χ0) is 26.3. The van der Waals surface area contributed by atoms with Crippen LogP contribution in [0.2, 0.25) is 0 Å². The maximum Gasteiger partial charge on any atom is 0.335 e. The van der Waals surface area contributed by atoms with E-state index in [-0.39, 0.29) is 5.97 Å². The Hall–Kier alpha value is -4.09. The lowest BCUT2D eigenvalue weighted by Crippen LogP contribution is -2.28. The molecule has 4 aromatic carbocycles. The second-order valence-corrected chi connectivity index (χ2v) is 9.16. The van der Waals surface area contributed by atoms with E-state index in [1.54, 1.807) is 6.92 Å². The quantitative estimate of drug-likeness (QED) is 0.180. The summed E-state index contributed by atoms with van der Waals surface area (Å²) in [5.41, 5.74) is 5.83. The lowest BCUT2D eigenvalue weighted by Gasteiger charge is -2.16. The SMILES string of the molecule is CCOC(=O)C(Cc1ccc(OCCn2c3ccccc3c3cc(-c4ccccc4)ccc32)cc1)OCC. The molecular weight excluding hydrogens is 474 g/mol. The van der Waals surface area contributed by atoms with Gasteiger partial charge in [-0.2, -0.15) is 0 Å². The van der Waals surface area contributed by atoms with Crippen molar-refractivity contribution in [3.05, 3.63) is 103 Å². The van der Waals surface area contributed by atoms with Crippen molar-refractivity contribution in [3.63, 3.8) is 0 Å². The molecule has 1 heterocycles. The molecule has 0 saturated carbocycles. The van der Waals surface area contributed by atoms with Crippen LogP contribution in [0, 0.1) is 0 Å². The van der Waals surface area contributed by atoms with Crippen molar-refractivity contribution in [3.8, 4) is 16.9 Å². The first kappa shape index (κ1) is 25.6. The van der Waals surface area contributed by atoms with Gasteiger partial charge in [-0.15, -0.1) is 0 Å². The van der Waals surface area contributed by atoms with E-state index in [2.05, 4.69) is 71.3 Å². The Bertz CT molecular complexity index is 1510. The number of aromatic nitrogens is 1. The molecule has 0 aliphatic rings. The van der Waals surface area contributed by atoms with Crippen molar-refractivity contribution in [2.24, 2.45) is 0 Å². The Morgan fingerprint density at radius 2 is 1.50 bits per heavy atom. The molecule has 5 aromatic rings. The van der Waals surface area contributed by atoms with Gasteiger partial charge in [-0.05, 0) is 60.9 Å². The van der Waals surface area contributed by atoms with E-state index in [0.29, 0.717) is 26.2 Å². The second-order valence-electron chi connectivity index (χ2n) is 9.16. The standard InChI is InChI=1S/C33H33NO4/c1-3-36-32(33(35)37-4-2)22-24-14-17-27(18-15-24)38-21-20-34-30-13-9-8-12-28(30)29-23-26(16-19-31(29)34)25-10-6-5-7-11-25/h5-19,23,32H,3-4,20-22H2,1-2H3. The minimum atomic E-state index is -0.593. The second kappa shape index (κ2) is 12.0. The van der Waals surface area contributed by atoms with Crippen LogP contribution in [-0.2, 0) is 27.2 Å². The third kappa shape index (κ3) is 5.58. The monoisotopic (exact) mass is 507 g/mol. The molecule has 5 nitrogen and oxygen atoms in total. The minimum absolute atomic E-state index is 0.322. The first-order valence-electron chi connectivity index (χ1n) is 13.2. The fraction of sp³-hybridized carbons (Fsp3) is 0.242. The first-order chi connectivity index (χ1) is 18.7. The number of hydrogen-bond donors (Lipinski definition) is 0. The lowest BCUT2D eigenvalue weighted by molar-refractivity contribution is -0.156. The van der Waals surface area contributed by atoms with Gasteiger partial charge in [0.15, 0.2) is 6.10 Å². The molecule has 1 unspecified atom stereocenters. The predicted octanol–water partition coefficient (Wildman–Crippen LogP) is 7.05. The Balaban J connectivity index is 1.29. The number of esters is 1. The highest BCUT2D eigenvalue weighted by Crippen LogP contribution is 2.32. The van der Waals surface area contributed by atoms with Crippen molar-refractivity contribution >= 4 is 27.8 Å². The smallest absolute Gasteiger partial charge is 0.335 e. The molecule has 1 aromatic heterocycles. The molecule has 0 amide bonds. The summed E-state index contributed by atoms with van der Waals surface area (Å²) in [6, 6.07) is 33.6. The van der Waals surface area contributed by atoms with Gasteiger partial charge in [-0.3, -0.25) is 0 Å². The Labute approximate surface area is 223 Å². The maximum absolute atomic E-state index is 12.2. The van der Waals surface area contributed by atoms with Gasteiger partial charge in [0.05, 0.1) is 13.2 Å². The van der Waals surface area contributed by atoms with E-state index >= 15 is 0 Å². The summed E-state index contributed by atoms with van der Waals surface area (Å²) in [5.74, 6) is 0.474. The molecule has 0 aliphatic carbocycles. The third-order valence-corrected chi connectivity index (χ3v) is 6.72. The molecule has 1 atom stereocenters. The highest BCUT2D eigenvalue weighted by atomic mass is 16.6. The van der Waals surface area contributed by atoms with E-state index in [4.69, 9.17) is 14.2 Å². The number of fused-ring (bicyclic) bond motifs is 3. The Kier molecular flexibility index (Phi) is 8.05. The van der Waals surface area contributed by atoms with Crippen LogP contribution >= 0.6 is 0 Å². The van der Waals surface area contributed by atoms with Crippen molar-refractivity contribution in [1.82, 2.24) is 4.57 Å². The van der Waals surface area contributed by atoms with E-state index in [9.17, 15) is 4.79 Å². The summed E-state index contributed by atoms with van der Waals surface area (Å²) in [6.07, 6.45) is -0.122. The number of carbonyl (C=O) groups is 1. The van der Waals surface area contributed by atoms with E-state index in [1.807, 2.05) is 37.3 Å². The number of nitrogens with zero attached hydrogens (tertiary/aromatic N) is 1. The number of hydrogen-bond acceptors (Lipinski definition) is 4. The predicted molar refractivity (Wildman–Crippen MR) is 153 cm³/mol. The molecule has 0 N–H and O–H groups in total. The summed E-state index contributed by atoms with van der Waals surface area (Å²) in [6.45, 7) is 5.75. The van der Waals surface area contributed by atoms with Gasteiger partial charge in [0.1, 0.15) is 12.4 Å². The van der Waals surface area contributed by atoms with E-state index in [1.165, 1.54) is 32.9 Å². The average Bonchev–Trinajstić information content (AvgIpc) is 3.27. The van der Waals surface area contributed by atoms with Gasteiger partial charge in [-0.1, -0.05) is 66.7 Å². The largest absolute Gasteiger partial charge is 0.492 e. The summed E-state index contributed by atoms with van der Waals surface area (Å²) in [7, 11) is 0. The van der Waals surface area contributed by atoms with Crippen molar-refractivity contribution in [2.75, 3.05) is 19.8 Å². The van der Waals surface area contributed by atoms with Crippen LogP contribution in [0.15, 0.2) is 97.1 Å². The van der Waals surface area contributed by atoms with Gasteiger partial charge in [-0.25, -0.2) is 4.79 Å². The van der Waals surface area contributed by atoms with Crippen LogP contribution < -0.4 is 4.74 Å². The lowest BCUT2D eigenvalue weighted by atomic mass is 10.0. The third-order valence-electron chi connectivity index (χ3n) is 6.72. The highest BCUT2D eigenvalue weighted by Gasteiger charge is 2.20. The number of rotatable bonds is 11. The molecule has 0 fully saturated rings. The van der Waals surface area contributed by atoms with Crippen molar-refractivity contribution < 1.29 is 19.0 Å². The van der Waals surface area contributed by atoms with Gasteiger partial charge >= 0.3 is 5.97 Å². The van der Waals surface area contributed by atoms with Crippen LogP contribution in [0.25, 0.3) is 32.9 Å². The average molecular weight is 508 g/mol. The fourth-order valence-corrected chi connectivity index (χ4v) is 4.94. The van der Waals surface area contributed by atoms with Crippen LogP contribution in [0.5, 0.6) is 5.75 Å². The summed E-state index contributed by atoms with van der Waals surface area (Å²) in [5, 5.41) is 2.49. The van der Waals surface area contributed by atoms with Crippen LogP contribution in [0.1, 0.15) is 19.4 Å². The Morgan fingerprint density at radius 1 is 0.763 bits per heavy atom. The molecule has 194 valence electrons. The van der Waals surface area contributed by atoms with Gasteiger partial charge in [0.25, 0.3) is 0 Å². The number of ether oxygens (including phenoxy) is 3. The van der Waals surface area contributed by atoms with Crippen LogP contribution in [0.4, 0.5) is 0 Å². The van der Waals surface area contributed by atoms with Gasteiger partial charge < -0.3 is 18.8 Å². The fourth-order valence-electron chi connectivity index (χ4n) is 4.94. The van der Waals surface area contributed by atoms with Crippen molar-refractivity contribution in [1.29, 1.82) is 0 Å². The van der Waals surface area contributed by atoms with Crippen LogP contribution in [-0.4, -0.2) is 36.5 Å². The molecule has 0 bridgehead atoms. The zero-order valence-corrected chi connectivity index (χ0v) is 21.9. The maximum atomic E-state index is 12.2. The minimum Gasteiger partial charge on any atom is -0.492 e. The molecular formula is C33H33NO4. The molecule has 0 radical (unpaired) electrons. The summed E-state index contributed by atoms with van der Waals surface area (Å²) >= 11 is 0. The normalized spacial score (nSPS) is 12.1. The topological polar surface area (TPSA) is 49.7 Å². The van der Waals surface area contributed by atoms with E-state index < -0.39 is 6.10 Å². The molecule has 5 rings (SSSR count). The summed E-state index contributed by atoms with van der Waals surface area (Å²) in [4.78, 5) is 12.2. The number of para-hydroxylation sites is 1. The first-order valence-corrected chi connectivity index (χ1v) is 13.2. The molecule has 5 heteroatoms.